The second-order valence-corrected chi connectivity index (χ2v) is 3.09. The van der Waals surface area contributed by atoms with Crippen molar-refractivity contribution in [2.45, 2.75) is 6.30 Å². The Hall–Kier alpha value is -1.23. The molecule has 1 aliphatic rings. The molecule has 0 fully saturated rings. The summed E-state index contributed by atoms with van der Waals surface area (Å²) in [4.78, 5) is 0. The van der Waals surface area contributed by atoms with Gasteiger partial charge in [0.05, 0.1) is 5.02 Å². The zero-order valence-electron chi connectivity index (χ0n) is 6.72. The van der Waals surface area contributed by atoms with Gasteiger partial charge in [-0.3, -0.25) is 0 Å². The van der Waals surface area contributed by atoms with Gasteiger partial charge in [0, 0.05) is 5.56 Å². The highest BCUT2D eigenvalue weighted by Crippen LogP contribution is 2.34. The molecule has 1 aromatic carbocycles. The first-order chi connectivity index (χ1) is 6.50. The normalized spacial score (nSPS) is 15.4. The van der Waals surface area contributed by atoms with Crippen molar-refractivity contribution < 1.29 is 13.2 Å². The van der Waals surface area contributed by atoms with Crippen molar-refractivity contribution in [3.8, 4) is 0 Å². The van der Waals surface area contributed by atoms with E-state index in [0.29, 0.717) is 5.56 Å². The van der Waals surface area contributed by atoms with E-state index in [1.807, 2.05) is 0 Å². The number of rotatable bonds is 1. The van der Waals surface area contributed by atoms with Crippen molar-refractivity contribution in [1.82, 2.24) is 5.01 Å². The summed E-state index contributed by atoms with van der Waals surface area (Å²) in [5, 5.41) is 3.45. The van der Waals surface area contributed by atoms with Crippen LogP contribution in [0.4, 0.5) is 13.2 Å². The molecule has 1 aromatic rings. The smallest absolute Gasteiger partial charge is 0.149 e. The number of nitrogens with zero attached hydrogens (tertiary/aromatic N) is 2. The lowest BCUT2D eigenvalue weighted by Crippen LogP contribution is -2.25. The molecule has 0 aromatic heterocycles. The van der Waals surface area contributed by atoms with Crippen LogP contribution in [0.1, 0.15) is 5.56 Å². The van der Waals surface area contributed by atoms with Gasteiger partial charge in [-0.05, 0) is 12.1 Å². The third kappa shape index (κ3) is 1.55. The Kier molecular flexibility index (Phi) is 1.92. The predicted molar refractivity (Wildman–Crippen MR) is 45.9 cm³/mol. The maximum absolute atomic E-state index is 12.1. The highest BCUT2D eigenvalue weighted by atomic mass is 35.5. The molecule has 0 amide bonds. The first kappa shape index (κ1) is 9.33. The maximum Gasteiger partial charge on any atom is 0.506 e. The van der Waals surface area contributed by atoms with Crippen LogP contribution in [-0.4, -0.2) is 17.1 Å². The Morgan fingerprint density at radius 3 is 2.36 bits per heavy atom. The van der Waals surface area contributed by atoms with Crippen molar-refractivity contribution >= 4 is 17.4 Å². The number of amidine groups is 1. The van der Waals surface area contributed by atoms with E-state index in [0.717, 1.165) is 0 Å². The van der Waals surface area contributed by atoms with E-state index in [1.54, 1.807) is 12.1 Å². The molecule has 2 nitrogen and oxygen atoms in total. The molecule has 2 rings (SSSR count). The average Bonchev–Trinajstić information content (AvgIpc) is 2.83. The highest BCUT2D eigenvalue weighted by molar-refractivity contribution is 6.34. The van der Waals surface area contributed by atoms with Crippen molar-refractivity contribution in [1.29, 1.82) is 0 Å². The Balaban J connectivity index is 2.22. The van der Waals surface area contributed by atoms with Crippen LogP contribution in [-0.2, 0) is 0 Å². The first-order valence-electron chi connectivity index (χ1n) is 3.70. The number of halogens is 4. The fourth-order valence-corrected chi connectivity index (χ4v) is 1.28. The summed E-state index contributed by atoms with van der Waals surface area (Å²) in [5.74, 6) is -0.136. The summed E-state index contributed by atoms with van der Waals surface area (Å²) in [6.07, 6.45) is -4.45. The largest absolute Gasteiger partial charge is 0.506 e. The molecule has 0 atom stereocenters. The van der Waals surface area contributed by atoms with E-state index < -0.39 is 6.30 Å². The number of hydrazone groups is 1. The average molecular weight is 221 g/mol. The molecule has 0 spiro atoms. The molecular weight excluding hydrogens is 217 g/mol. The van der Waals surface area contributed by atoms with E-state index in [2.05, 4.69) is 5.10 Å². The summed E-state index contributed by atoms with van der Waals surface area (Å²) in [5.41, 5.74) is 0.298. The van der Waals surface area contributed by atoms with Gasteiger partial charge in [0.1, 0.15) is 0 Å². The summed E-state index contributed by atoms with van der Waals surface area (Å²) in [7, 11) is 0. The Morgan fingerprint density at radius 1 is 1.21 bits per heavy atom. The fourth-order valence-electron chi connectivity index (χ4n) is 1.06. The van der Waals surface area contributed by atoms with Gasteiger partial charge >= 0.3 is 6.30 Å². The first-order valence-corrected chi connectivity index (χ1v) is 4.08. The molecule has 1 aliphatic heterocycles. The van der Waals surface area contributed by atoms with Crippen LogP contribution in [0.5, 0.6) is 0 Å². The summed E-state index contributed by atoms with van der Waals surface area (Å²) in [6, 6.07) is 6.27. The Bertz CT molecular complexity index is 400. The molecule has 6 heteroatoms. The molecule has 0 unspecified atom stereocenters. The van der Waals surface area contributed by atoms with Gasteiger partial charge in [-0.1, -0.05) is 23.7 Å². The van der Waals surface area contributed by atoms with Crippen LogP contribution in [0.3, 0.4) is 0 Å². The van der Waals surface area contributed by atoms with Crippen LogP contribution in [0.15, 0.2) is 29.4 Å². The van der Waals surface area contributed by atoms with Gasteiger partial charge in [0.2, 0.25) is 0 Å². The maximum atomic E-state index is 12.1. The van der Waals surface area contributed by atoms with Gasteiger partial charge in [-0.25, -0.2) is 0 Å². The van der Waals surface area contributed by atoms with Gasteiger partial charge in [-0.15, -0.1) is 23.3 Å². The lowest BCUT2D eigenvalue weighted by molar-refractivity contribution is -0.201. The van der Waals surface area contributed by atoms with E-state index in [9.17, 15) is 13.2 Å². The highest BCUT2D eigenvalue weighted by Gasteiger charge is 2.49. The molecule has 0 bridgehead atoms. The number of benzene rings is 1. The van der Waals surface area contributed by atoms with E-state index in [4.69, 9.17) is 11.6 Å². The van der Waals surface area contributed by atoms with Gasteiger partial charge in [-0.2, -0.15) is 0 Å². The molecule has 0 radical (unpaired) electrons. The van der Waals surface area contributed by atoms with Gasteiger partial charge < -0.3 is 0 Å². The summed E-state index contributed by atoms with van der Waals surface area (Å²) >= 11 is 5.70. The minimum absolute atomic E-state index is 0.00574. The van der Waals surface area contributed by atoms with Crippen LogP contribution in [0, 0.1) is 0 Å². The summed E-state index contributed by atoms with van der Waals surface area (Å²) in [6.45, 7) is 0. The van der Waals surface area contributed by atoms with Crippen LogP contribution in [0.25, 0.3) is 0 Å². The standard InChI is InChI=1S/C8H4ClF3N2/c9-6-4-2-1-3-5(6)7-13-14(7)8(10,11)12/h1-4H. The topological polar surface area (TPSA) is 15.4 Å². The monoisotopic (exact) mass is 220 g/mol. The lowest BCUT2D eigenvalue weighted by Gasteiger charge is -2.06. The van der Waals surface area contributed by atoms with Crippen LogP contribution >= 0.6 is 11.6 Å². The molecule has 0 saturated heterocycles. The molecule has 0 aliphatic carbocycles. The Labute approximate surface area is 82.6 Å². The minimum atomic E-state index is -4.45. The molecule has 14 heavy (non-hydrogen) atoms. The van der Waals surface area contributed by atoms with Gasteiger partial charge in [0.15, 0.2) is 5.84 Å². The van der Waals surface area contributed by atoms with Crippen molar-refractivity contribution in [2.75, 3.05) is 0 Å². The van der Waals surface area contributed by atoms with Crippen LogP contribution in [0.2, 0.25) is 5.02 Å². The van der Waals surface area contributed by atoms with Crippen LogP contribution < -0.4 is 0 Å². The Morgan fingerprint density at radius 2 is 1.86 bits per heavy atom. The second-order valence-electron chi connectivity index (χ2n) is 2.68. The van der Waals surface area contributed by atoms with Crippen molar-refractivity contribution in [3.05, 3.63) is 34.9 Å². The van der Waals surface area contributed by atoms with E-state index in [1.165, 1.54) is 12.1 Å². The van der Waals surface area contributed by atoms with Crippen molar-refractivity contribution in [2.24, 2.45) is 5.10 Å². The lowest BCUT2D eigenvalue weighted by atomic mass is 10.2. The third-order valence-electron chi connectivity index (χ3n) is 1.71. The molecular formula is C8H4ClF3N2. The van der Waals surface area contributed by atoms with Gasteiger partial charge in [0.25, 0.3) is 0 Å². The number of hydrogen-bond acceptors (Lipinski definition) is 2. The quantitative estimate of drug-likeness (QED) is 0.665. The fraction of sp³-hybridized carbons (Fsp3) is 0.125. The molecule has 1 heterocycles. The second kappa shape index (κ2) is 2.88. The summed E-state index contributed by atoms with van der Waals surface area (Å²) < 4.78 is 36.2. The number of alkyl halides is 3. The van der Waals surface area contributed by atoms with Crippen molar-refractivity contribution in [3.63, 3.8) is 0 Å². The molecule has 0 N–H and O–H groups in total. The van der Waals surface area contributed by atoms with E-state index in [-0.39, 0.29) is 15.9 Å². The zero-order chi connectivity index (χ0) is 10.3. The SMILES string of the molecule is FC(F)(F)N1N=C1c1ccccc1Cl. The number of hydrogen-bond donors (Lipinski definition) is 0. The molecule has 0 saturated carbocycles. The zero-order valence-corrected chi connectivity index (χ0v) is 7.47. The minimum Gasteiger partial charge on any atom is -0.149 e. The van der Waals surface area contributed by atoms with E-state index >= 15 is 0 Å². The molecule has 74 valence electrons. The predicted octanol–water partition coefficient (Wildman–Crippen LogP) is 2.84. The third-order valence-corrected chi connectivity index (χ3v) is 2.04.